The normalized spacial score (nSPS) is 10.2. The van der Waals surface area contributed by atoms with Crippen LogP contribution in [0.15, 0.2) is 54.6 Å². The molecule has 0 radical (unpaired) electrons. The molecule has 0 atom stereocenters. The summed E-state index contributed by atoms with van der Waals surface area (Å²) in [7, 11) is 3.71. The van der Waals surface area contributed by atoms with Gasteiger partial charge in [0.2, 0.25) is 5.91 Å². The van der Waals surface area contributed by atoms with Gasteiger partial charge in [-0.05, 0) is 23.8 Å². The Labute approximate surface area is 130 Å². The lowest BCUT2D eigenvalue weighted by Gasteiger charge is -2.23. The monoisotopic (exact) mass is 302 g/mol. The van der Waals surface area contributed by atoms with Crippen LogP contribution >= 0.6 is 11.6 Å². The molecule has 0 saturated carbocycles. The molecule has 2 aromatic rings. The molecule has 3 nitrogen and oxygen atoms in total. The van der Waals surface area contributed by atoms with Crippen LogP contribution in [0.25, 0.3) is 0 Å². The number of anilines is 1. The highest BCUT2D eigenvalue weighted by Crippen LogP contribution is 2.17. The smallest absolute Gasteiger partial charge is 0.242 e. The highest BCUT2D eigenvalue weighted by atomic mass is 35.5. The Balaban J connectivity index is 1.95. The largest absolute Gasteiger partial charge is 0.365 e. The molecule has 110 valence electrons. The average molecular weight is 303 g/mol. The third-order valence-corrected chi connectivity index (χ3v) is 3.73. The number of carbonyl (C=O) groups excluding carboxylic acids is 1. The van der Waals surface area contributed by atoms with Gasteiger partial charge in [-0.15, -0.1) is 0 Å². The fraction of sp³-hybridized carbons (Fsp3) is 0.235. The Morgan fingerprint density at radius 2 is 1.62 bits per heavy atom. The molecule has 0 saturated heterocycles. The third kappa shape index (κ3) is 4.23. The summed E-state index contributed by atoms with van der Waals surface area (Å²) in [4.78, 5) is 15.9. The quantitative estimate of drug-likeness (QED) is 0.845. The fourth-order valence-electron chi connectivity index (χ4n) is 2.07. The summed E-state index contributed by atoms with van der Waals surface area (Å²) >= 11 is 6.13. The summed E-state index contributed by atoms with van der Waals surface area (Å²) < 4.78 is 0. The molecule has 0 unspecified atom stereocenters. The van der Waals surface area contributed by atoms with Gasteiger partial charge >= 0.3 is 0 Å². The van der Waals surface area contributed by atoms with Crippen molar-refractivity contribution in [2.45, 2.75) is 6.54 Å². The van der Waals surface area contributed by atoms with E-state index in [9.17, 15) is 4.79 Å². The van der Waals surface area contributed by atoms with Gasteiger partial charge in [-0.25, -0.2) is 0 Å². The van der Waals surface area contributed by atoms with E-state index in [1.165, 1.54) is 0 Å². The Hall–Kier alpha value is -2.00. The second-order valence-corrected chi connectivity index (χ2v) is 5.44. The minimum absolute atomic E-state index is 0.0567. The minimum Gasteiger partial charge on any atom is -0.365 e. The summed E-state index contributed by atoms with van der Waals surface area (Å²) in [6, 6.07) is 17.4. The summed E-state index contributed by atoms with van der Waals surface area (Å²) in [5, 5.41) is 0.688. The minimum atomic E-state index is 0.0567. The topological polar surface area (TPSA) is 23.6 Å². The summed E-state index contributed by atoms with van der Waals surface area (Å²) in [5.74, 6) is 0.0567. The van der Waals surface area contributed by atoms with Gasteiger partial charge in [-0.1, -0.05) is 48.0 Å². The lowest BCUT2D eigenvalue weighted by molar-refractivity contribution is -0.128. The van der Waals surface area contributed by atoms with E-state index in [1.54, 1.807) is 11.9 Å². The molecular formula is C17H19ClN2O. The number of hydrogen-bond acceptors (Lipinski definition) is 2. The van der Waals surface area contributed by atoms with Gasteiger partial charge in [0.15, 0.2) is 0 Å². The van der Waals surface area contributed by atoms with Crippen LogP contribution in [0.5, 0.6) is 0 Å². The highest BCUT2D eigenvalue weighted by molar-refractivity contribution is 6.31. The van der Waals surface area contributed by atoms with Crippen LogP contribution in [-0.2, 0) is 11.3 Å². The molecule has 21 heavy (non-hydrogen) atoms. The van der Waals surface area contributed by atoms with Crippen molar-refractivity contribution in [3.63, 3.8) is 0 Å². The molecule has 0 heterocycles. The molecule has 0 aliphatic carbocycles. The van der Waals surface area contributed by atoms with E-state index >= 15 is 0 Å². The van der Waals surface area contributed by atoms with Crippen molar-refractivity contribution in [1.29, 1.82) is 0 Å². The summed E-state index contributed by atoms with van der Waals surface area (Å²) in [5.41, 5.74) is 1.98. The van der Waals surface area contributed by atoms with Crippen LogP contribution < -0.4 is 4.90 Å². The van der Waals surface area contributed by atoms with E-state index in [0.717, 1.165) is 11.3 Å². The first-order valence-electron chi connectivity index (χ1n) is 6.81. The van der Waals surface area contributed by atoms with Crippen molar-refractivity contribution in [2.24, 2.45) is 0 Å². The van der Waals surface area contributed by atoms with E-state index in [2.05, 4.69) is 0 Å². The lowest BCUT2D eigenvalue weighted by Crippen LogP contribution is -2.36. The van der Waals surface area contributed by atoms with Gasteiger partial charge < -0.3 is 9.80 Å². The fourth-order valence-corrected chi connectivity index (χ4v) is 2.26. The molecule has 2 rings (SSSR count). The standard InChI is InChI=1S/C17H19ClN2O/c1-19(15-9-4-3-5-10-15)13-17(21)20(2)12-14-8-6-7-11-16(14)18/h3-11H,12-13H2,1-2H3. The van der Waals surface area contributed by atoms with Crippen molar-refractivity contribution >= 4 is 23.2 Å². The molecule has 4 heteroatoms. The van der Waals surface area contributed by atoms with E-state index in [-0.39, 0.29) is 5.91 Å². The summed E-state index contributed by atoms with van der Waals surface area (Å²) in [6.45, 7) is 0.853. The van der Waals surface area contributed by atoms with Crippen molar-refractivity contribution in [2.75, 3.05) is 25.5 Å². The molecule has 0 spiro atoms. The zero-order chi connectivity index (χ0) is 15.2. The second kappa shape index (κ2) is 7.14. The van der Waals surface area contributed by atoms with E-state index in [0.29, 0.717) is 18.1 Å². The molecular weight excluding hydrogens is 284 g/mol. The number of halogens is 1. The number of likely N-dealkylation sites (N-methyl/N-ethyl adjacent to an activating group) is 2. The molecule has 0 bridgehead atoms. The van der Waals surface area contributed by atoms with Gasteiger partial charge in [-0.2, -0.15) is 0 Å². The van der Waals surface area contributed by atoms with E-state index < -0.39 is 0 Å². The van der Waals surface area contributed by atoms with Gasteiger partial charge in [0, 0.05) is 31.4 Å². The first-order valence-corrected chi connectivity index (χ1v) is 7.19. The van der Waals surface area contributed by atoms with Gasteiger partial charge in [0.25, 0.3) is 0 Å². The van der Waals surface area contributed by atoms with Crippen LogP contribution in [0.2, 0.25) is 5.02 Å². The predicted molar refractivity (Wildman–Crippen MR) is 87.6 cm³/mol. The molecule has 0 N–H and O–H groups in total. The zero-order valence-corrected chi connectivity index (χ0v) is 13.0. The number of carbonyl (C=O) groups is 1. The SMILES string of the molecule is CN(Cc1ccccc1Cl)C(=O)CN(C)c1ccccc1. The Morgan fingerprint density at radius 1 is 1.00 bits per heavy atom. The maximum atomic E-state index is 12.3. The molecule has 0 aliphatic heterocycles. The van der Waals surface area contributed by atoms with Gasteiger partial charge in [0.1, 0.15) is 0 Å². The van der Waals surface area contributed by atoms with Crippen LogP contribution in [0, 0.1) is 0 Å². The highest BCUT2D eigenvalue weighted by Gasteiger charge is 2.13. The first kappa shape index (κ1) is 15.4. The van der Waals surface area contributed by atoms with Crippen molar-refractivity contribution < 1.29 is 4.79 Å². The third-order valence-electron chi connectivity index (χ3n) is 3.36. The number of rotatable bonds is 5. The predicted octanol–water partition coefficient (Wildman–Crippen LogP) is 3.43. The van der Waals surface area contributed by atoms with Crippen molar-refractivity contribution in [1.82, 2.24) is 4.90 Å². The number of nitrogens with zero attached hydrogens (tertiary/aromatic N) is 2. The first-order chi connectivity index (χ1) is 10.1. The lowest BCUT2D eigenvalue weighted by atomic mass is 10.2. The van der Waals surface area contributed by atoms with Crippen LogP contribution in [0.1, 0.15) is 5.56 Å². The number of para-hydroxylation sites is 1. The number of hydrogen-bond donors (Lipinski definition) is 0. The van der Waals surface area contributed by atoms with Crippen molar-refractivity contribution in [3.8, 4) is 0 Å². The molecule has 0 aromatic heterocycles. The van der Waals surface area contributed by atoms with Crippen LogP contribution in [-0.4, -0.2) is 31.4 Å². The average Bonchev–Trinajstić information content (AvgIpc) is 2.50. The Morgan fingerprint density at radius 3 is 2.29 bits per heavy atom. The van der Waals surface area contributed by atoms with Crippen LogP contribution in [0.3, 0.4) is 0 Å². The Bertz CT molecular complexity index is 601. The molecule has 0 aliphatic rings. The second-order valence-electron chi connectivity index (χ2n) is 5.03. The molecule has 2 aromatic carbocycles. The van der Waals surface area contributed by atoms with Gasteiger partial charge in [0.05, 0.1) is 6.54 Å². The van der Waals surface area contributed by atoms with Crippen molar-refractivity contribution in [3.05, 3.63) is 65.2 Å². The maximum Gasteiger partial charge on any atom is 0.242 e. The number of benzene rings is 2. The molecule has 0 fully saturated rings. The van der Waals surface area contributed by atoms with Crippen LogP contribution in [0.4, 0.5) is 5.69 Å². The Kier molecular flexibility index (Phi) is 5.23. The summed E-state index contributed by atoms with van der Waals surface area (Å²) in [6.07, 6.45) is 0. The zero-order valence-electron chi connectivity index (χ0n) is 12.3. The van der Waals surface area contributed by atoms with Gasteiger partial charge in [-0.3, -0.25) is 4.79 Å². The van der Waals surface area contributed by atoms with E-state index in [4.69, 9.17) is 11.6 Å². The molecule has 1 amide bonds. The maximum absolute atomic E-state index is 12.3. The number of amides is 1. The van der Waals surface area contributed by atoms with E-state index in [1.807, 2.05) is 66.5 Å².